The Morgan fingerprint density at radius 3 is 2.18 bits per heavy atom. The molecule has 4 saturated carbocycles. The largest absolute Gasteiger partial charge is 0.345 e. The van der Waals surface area contributed by atoms with Crippen LogP contribution in [0, 0.1) is 23.2 Å². The third kappa shape index (κ3) is 6.05. The van der Waals surface area contributed by atoms with Gasteiger partial charge < -0.3 is 14.4 Å². The molecule has 0 atom stereocenters. The average Bonchev–Trinajstić information content (AvgIpc) is 3.32. The molecule has 4 aliphatic carbocycles. The Labute approximate surface area is 237 Å². The fraction of sp³-hybridized carbons (Fsp3) is 0.625. The van der Waals surface area contributed by atoms with Gasteiger partial charge in [0.2, 0.25) is 11.8 Å². The van der Waals surface area contributed by atoms with Crippen LogP contribution in [0.2, 0.25) is 0 Å². The summed E-state index contributed by atoms with van der Waals surface area (Å²) in [5.41, 5.74) is 2.16. The molecule has 1 aromatic carbocycles. The molecule has 2 amide bonds. The number of nitrogens with zero attached hydrogens (tertiary/aromatic N) is 3. The molecule has 0 radical (unpaired) electrons. The first kappa shape index (κ1) is 27.5. The minimum atomic E-state index is -0.197. The van der Waals surface area contributed by atoms with Gasteiger partial charge in [0, 0.05) is 36.0 Å². The van der Waals surface area contributed by atoms with Crippen LogP contribution in [0.15, 0.2) is 47.1 Å². The summed E-state index contributed by atoms with van der Waals surface area (Å²) in [6.45, 7) is 7.25. The Morgan fingerprint density at radius 2 is 1.58 bits per heavy atom. The highest BCUT2D eigenvalue weighted by atomic mass is 79.9. The van der Waals surface area contributed by atoms with E-state index >= 15 is 0 Å². The molecule has 4 aliphatic rings. The highest BCUT2D eigenvalue weighted by Crippen LogP contribution is 2.60. The number of hydrogen-bond donors (Lipinski definition) is 0. The van der Waals surface area contributed by atoms with Gasteiger partial charge in [0.05, 0.1) is 18.5 Å². The Morgan fingerprint density at radius 1 is 0.921 bits per heavy atom. The molecule has 6 heteroatoms. The predicted octanol–water partition coefficient (Wildman–Crippen LogP) is 6.88. The molecule has 6 rings (SSSR count). The van der Waals surface area contributed by atoms with Crippen molar-refractivity contribution in [3.63, 3.8) is 0 Å². The van der Waals surface area contributed by atoms with Gasteiger partial charge in [-0.3, -0.25) is 9.59 Å². The molecular formula is C32H44BrN3O2. The van der Waals surface area contributed by atoms with E-state index in [0.717, 1.165) is 79.5 Å². The number of aromatic nitrogens is 1. The molecule has 38 heavy (non-hydrogen) atoms. The summed E-state index contributed by atoms with van der Waals surface area (Å²) in [6.07, 6.45) is 12.1. The number of carbonyl (C=O) groups excluding carboxylic acids is 2. The summed E-state index contributed by atoms with van der Waals surface area (Å²) in [5.74, 6) is 2.54. The molecule has 5 nitrogen and oxygen atoms in total. The number of benzene rings is 1. The number of carbonyl (C=O) groups is 2. The van der Waals surface area contributed by atoms with Gasteiger partial charge in [-0.25, -0.2) is 0 Å². The molecule has 0 aliphatic heterocycles. The van der Waals surface area contributed by atoms with Gasteiger partial charge in [-0.1, -0.05) is 48.3 Å². The first-order valence-corrected chi connectivity index (χ1v) is 15.6. The maximum atomic E-state index is 14.1. The number of rotatable bonds is 12. The maximum absolute atomic E-state index is 14.1. The number of amides is 2. The molecule has 206 valence electrons. The summed E-state index contributed by atoms with van der Waals surface area (Å²) in [6, 6.07) is 12.6. The summed E-state index contributed by atoms with van der Waals surface area (Å²) in [5, 5.41) is 0. The molecule has 4 bridgehead atoms. The summed E-state index contributed by atoms with van der Waals surface area (Å²) in [4.78, 5) is 31.9. The van der Waals surface area contributed by atoms with E-state index in [9.17, 15) is 9.59 Å². The van der Waals surface area contributed by atoms with Crippen molar-refractivity contribution in [3.8, 4) is 0 Å². The normalized spacial score (nSPS) is 25.5. The first-order valence-electron chi connectivity index (χ1n) is 14.8. The van der Waals surface area contributed by atoms with Gasteiger partial charge in [-0.15, -0.1) is 0 Å². The molecular weight excluding hydrogens is 538 g/mol. The van der Waals surface area contributed by atoms with Crippen molar-refractivity contribution < 1.29 is 9.59 Å². The van der Waals surface area contributed by atoms with Gasteiger partial charge in [0.15, 0.2) is 0 Å². The summed E-state index contributed by atoms with van der Waals surface area (Å²) < 4.78 is 3.31. The number of halogens is 1. The van der Waals surface area contributed by atoms with Crippen molar-refractivity contribution >= 4 is 27.7 Å². The Hall–Kier alpha value is -2.08. The van der Waals surface area contributed by atoms with Crippen LogP contribution in [0.4, 0.5) is 0 Å². The lowest BCUT2D eigenvalue weighted by atomic mass is 9.49. The van der Waals surface area contributed by atoms with Gasteiger partial charge in [0.1, 0.15) is 0 Å². The fourth-order valence-corrected chi connectivity index (χ4v) is 8.13. The van der Waals surface area contributed by atoms with Crippen LogP contribution >= 0.6 is 15.9 Å². The van der Waals surface area contributed by atoms with E-state index in [1.165, 1.54) is 24.8 Å². The van der Waals surface area contributed by atoms with Crippen molar-refractivity contribution in [2.75, 3.05) is 19.6 Å². The van der Waals surface area contributed by atoms with E-state index in [1.54, 1.807) is 0 Å². The van der Waals surface area contributed by atoms with Crippen LogP contribution < -0.4 is 0 Å². The van der Waals surface area contributed by atoms with Gasteiger partial charge >= 0.3 is 0 Å². The molecule has 1 aromatic heterocycles. The number of hydrogen-bond acceptors (Lipinski definition) is 2. The summed E-state index contributed by atoms with van der Waals surface area (Å²) >= 11 is 3.52. The molecule has 2 aromatic rings. The lowest BCUT2D eigenvalue weighted by Crippen LogP contribution is -2.56. The standard InChI is InChI=1S/C32H44BrN3O2/c1-3-5-13-35(22-29-7-6-14-34(29)21-24-8-10-28(33)11-9-24)30(37)23-36(12-4-2)31(38)32-18-25-15-26(19-32)17-27(16-25)20-32/h6-11,14,25-27H,3-5,12-13,15-23H2,1-2H3. The molecule has 0 saturated heterocycles. The van der Waals surface area contributed by atoms with E-state index in [2.05, 4.69) is 76.9 Å². The van der Waals surface area contributed by atoms with E-state index in [4.69, 9.17) is 0 Å². The summed E-state index contributed by atoms with van der Waals surface area (Å²) in [7, 11) is 0. The first-order chi connectivity index (χ1) is 18.4. The highest BCUT2D eigenvalue weighted by Gasteiger charge is 2.55. The molecule has 0 unspecified atom stereocenters. The number of unbranched alkanes of at least 4 members (excludes halogenated alkanes) is 1. The molecule has 0 N–H and O–H groups in total. The van der Waals surface area contributed by atoms with Crippen molar-refractivity contribution in [1.29, 1.82) is 0 Å². The van der Waals surface area contributed by atoms with E-state index in [-0.39, 0.29) is 23.8 Å². The zero-order valence-electron chi connectivity index (χ0n) is 23.2. The van der Waals surface area contributed by atoms with Crippen molar-refractivity contribution in [3.05, 3.63) is 58.3 Å². The smallest absolute Gasteiger partial charge is 0.242 e. The Kier molecular flexibility index (Phi) is 8.66. The Bertz CT molecular complexity index is 1070. The quantitative estimate of drug-likeness (QED) is 0.274. The average molecular weight is 583 g/mol. The van der Waals surface area contributed by atoms with Crippen LogP contribution in [0.25, 0.3) is 0 Å². The van der Waals surface area contributed by atoms with E-state index < -0.39 is 0 Å². The molecule has 0 spiro atoms. The van der Waals surface area contributed by atoms with Crippen LogP contribution in [0.3, 0.4) is 0 Å². The van der Waals surface area contributed by atoms with Crippen molar-refractivity contribution in [2.24, 2.45) is 23.2 Å². The monoisotopic (exact) mass is 581 g/mol. The van der Waals surface area contributed by atoms with Crippen molar-refractivity contribution in [1.82, 2.24) is 14.4 Å². The second kappa shape index (κ2) is 12.0. The van der Waals surface area contributed by atoms with Crippen molar-refractivity contribution in [2.45, 2.75) is 84.7 Å². The fourth-order valence-electron chi connectivity index (χ4n) is 7.86. The zero-order chi connectivity index (χ0) is 26.7. The van der Waals surface area contributed by atoms with E-state index in [0.29, 0.717) is 13.1 Å². The van der Waals surface area contributed by atoms with Gasteiger partial charge in [0.25, 0.3) is 0 Å². The topological polar surface area (TPSA) is 45.6 Å². The van der Waals surface area contributed by atoms with Crippen LogP contribution in [0.1, 0.15) is 82.9 Å². The van der Waals surface area contributed by atoms with Crippen LogP contribution in [-0.4, -0.2) is 45.8 Å². The predicted molar refractivity (Wildman–Crippen MR) is 155 cm³/mol. The second-order valence-corrected chi connectivity index (χ2v) is 13.3. The maximum Gasteiger partial charge on any atom is 0.242 e. The lowest BCUT2D eigenvalue weighted by molar-refractivity contribution is -0.160. The van der Waals surface area contributed by atoms with E-state index in [1.807, 2.05) is 9.80 Å². The van der Waals surface area contributed by atoms with Crippen LogP contribution in [-0.2, 0) is 22.7 Å². The van der Waals surface area contributed by atoms with Crippen LogP contribution in [0.5, 0.6) is 0 Å². The highest BCUT2D eigenvalue weighted by molar-refractivity contribution is 9.10. The second-order valence-electron chi connectivity index (χ2n) is 12.3. The lowest BCUT2D eigenvalue weighted by Gasteiger charge is -2.56. The van der Waals surface area contributed by atoms with Gasteiger partial charge in [-0.05, 0) is 98.9 Å². The SMILES string of the molecule is CCCCN(Cc1cccn1Cc1ccc(Br)cc1)C(=O)CN(CCC)C(=O)C12CC3CC(CC(C3)C1)C2. The third-order valence-corrected chi connectivity index (χ3v) is 9.80. The van der Waals surface area contributed by atoms with Gasteiger partial charge in [-0.2, -0.15) is 0 Å². The third-order valence-electron chi connectivity index (χ3n) is 9.28. The minimum absolute atomic E-state index is 0.0846. The minimum Gasteiger partial charge on any atom is -0.345 e. The molecule has 1 heterocycles. The Balaban J connectivity index is 1.29. The zero-order valence-corrected chi connectivity index (χ0v) is 24.8. The molecule has 4 fully saturated rings.